The molecule has 0 saturated heterocycles. The van der Waals surface area contributed by atoms with Gasteiger partial charge in [0.15, 0.2) is 11.8 Å². The molecular weight excluding hydrogens is 388 g/mol. The van der Waals surface area contributed by atoms with Crippen molar-refractivity contribution in [3.63, 3.8) is 0 Å². The highest BCUT2D eigenvalue weighted by atomic mass is 16.5. The standard InChI is InChI=1S/C24H38N6O/c1-18(10-11-20-8-6-5-7-9-20)27-24(26-17-23-29-28-19(2)30(23)3)25-16-21-12-14-22(31-4)15-13-21/h12-15,18,20H,5-11,16-17H2,1-4H3,(H2,25,26,27). The number of aromatic nitrogens is 3. The smallest absolute Gasteiger partial charge is 0.192 e. The highest BCUT2D eigenvalue weighted by Gasteiger charge is 2.15. The molecule has 1 atom stereocenters. The third-order valence-corrected chi connectivity index (χ3v) is 6.29. The SMILES string of the molecule is COc1ccc(CN=C(NCc2nnc(C)n2C)NC(C)CCC2CCCCC2)cc1. The second-order valence-corrected chi connectivity index (χ2v) is 8.72. The van der Waals surface area contributed by atoms with Gasteiger partial charge >= 0.3 is 0 Å². The van der Waals surface area contributed by atoms with Crippen molar-refractivity contribution in [1.29, 1.82) is 0 Å². The summed E-state index contributed by atoms with van der Waals surface area (Å²) in [6.07, 6.45) is 9.47. The number of hydrogen-bond acceptors (Lipinski definition) is 4. The number of aliphatic imine (C=N–C) groups is 1. The topological polar surface area (TPSA) is 76.4 Å². The van der Waals surface area contributed by atoms with E-state index in [-0.39, 0.29) is 0 Å². The molecule has 31 heavy (non-hydrogen) atoms. The maximum absolute atomic E-state index is 5.25. The van der Waals surface area contributed by atoms with Gasteiger partial charge in [-0.3, -0.25) is 0 Å². The third-order valence-electron chi connectivity index (χ3n) is 6.29. The van der Waals surface area contributed by atoms with Crippen molar-refractivity contribution in [2.24, 2.45) is 18.0 Å². The van der Waals surface area contributed by atoms with Gasteiger partial charge < -0.3 is 19.9 Å². The Kier molecular flexibility index (Phi) is 8.74. The van der Waals surface area contributed by atoms with Gasteiger partial charge in [0.05, 0.1) is 20.2 Å². The van der Waals surface area contributed by atoms with Gasteiger partial charge in [-0.2, -0.15) is 0 Å². The van der Waals surface area contributed by atoms with Gasteiger partial charge in [0.2, 0.25) is 0 Å². The van der Waals surface area contributed by atoms with Crippen molar-refractivity contribution < 1.29 is 4.74 Å². The quantitative estimate of drug-likeness (QED) is 0.466. The lowest BCUT2D eigenvalue weighted by Gasteiger charge is -2.24. The summed E-state index contributed by atoms with van der Waals surface area (Å²) in [6, 6.07) is 8.42. The van der Waals surface area contributed by atoms with E-state index in [9.17, 15) is 0 Å². The van der Waals surface area contributed by atoms with Crippen molar-refractivity contribution >= 4 is 5.96 Å². The van der Waals surface area contributed by atoms with Gasteiger partial charge in [0.1, 0.15) is 11.6 Å². The van der Waals surface area contributed by atoms with Crippen LogP contribution in [0.3, 0.4) is 0 Å². The van der Waals surface area contributed by atoms with E-state index in [1.165, 1.54) is 38.5 Å². The Hall–Kier alpha value is -2.57. The molecule has 2 N–H and O–H groups in total. The number of nitrogens with one attached hydrogen (secondary N) is 2. The summed E-state index contributed by atoms with van der Waals surface area (Å²) < 4.78 is 7.25. The number of nitrogens with zero attached hydrogens (tertiary/aromatic N) is 4. The van der Waals surface area contributed by atoms with E-state index in [1.54, 1.807) is 7.11 Å². The van der Waals surface area contributed by atoms with Crippen molar-refractivity contribution in [2.45, 2.75) is 77.9 Å². The van der Waals surface area contributed by atoms with Crippen LogP contribution in [0.4, 0.5) is 0 Å². The molecule has 2 aromatic rings. The summed E-state index contributed by atoms with van der Waals surface area (Å²) in [6.45, 7) is 5.40. The maximum Gasteiger partial charge on any atom is 0.192 e. The number of benzene rings is 1. The lowest BCUT2D eigenvalue weighted by molar-refractivity contribution is 0.322. The number of methoxy groups -OCH3 is 1. The summed E-state index contributed by atoms with van der Waals surface area (Å²) in [5.41, 5.74) is 1.14. The average molecular weight is 427 g/mol. The van der Waals surface area contributed by atoms with Gasteiger partial charge in [-0.15, -0.1) is 10.2 Å². The molecule has 1 aliphatic rings. The minimum atomic E-state index is 0.366. The van der Waals surface area contributed by atoms with E-state index in [2.05, 4.69) is 39.9 Å². The molecular formula is C24H38N6O. The van der Waals surface area contributed by atoms with Crippen molar-refractivity contribution in [2.75, 3.05) is 7.11 Å². The molecule has 3 rings (SSSR count). The highest BCUT2D eigenvalue weighted by molar-refractivity contribution is 5.80. The van der Waals surface area contributed by atoms with Crippen LogP contribution >= 0.6 is 0 Å². The largest absolute Gasteiger partial charge is 0.497 e. The van der Waals surface area contributed by atoms with Crippen molar-refractivity contribution in [3.8, 4) is 5.75 Å². The van der Waals surface area contributed by atoms with E-state index < -0.39 is 0 Å². The Labute approximate surface area is 186 Å². The molecule has 0 spiro atoms. The first kappa shape index (κ1) is 23.1. The minimum absolute atomic E-state index is 0.366. The Balaban J connectivity index is 1.59. The zero-order valence-electron chi connectivity index (χ0n) is 19.5. The molecule has 1 aliphatic carbocycles. The molecule has 1 fully saturated rings. The lowest BCUT2D eigenvalue weighted by atomic mass is 9.85. The fourth-order valence-corrected chi connectivity index (χ4v) is 4.09. The van der Waals surface area contributed by atoms with Crippen LogP contribution in [-0.2, 0) is 20.1 Å². The van der Waals surface area contributed by atoms with Crippen LogP contribution in [0, 0.1) is 12.8 Å². The van der Waals surface area contributed by atoms with E-state index in [0.29, 0.717) is 19.1 Å². The summed E-state index contributed by atoms with van der Waals surface area (Å²) in [7, 11) is 3.67. The third kappa shape index (κ3) is 7.26. The van der Waals surface area contributed by atoms with Gasteiger partial charge in [-0.25, -0.2) is 4.99 Å². The maximum atomic E-state index is 5.25. The Morgan fingerprint density at radius 2 is 1.94 bits per heavy atom. The summed E-state index contributed by atoms with van der Waals surface area (Å²) in [5.74, 6) is 4.37. The number of hydrogen-bond donors (Lipinski definition) is 2. The van der Waals surface area contributed by atoms with Crippen LogP contribution in [0.1, 0.15) is 69.1 Å². The Morgan fingerprint density at radius 3 is 2.58 bits per heavy atom. The van der Waals surface area contributed by atoms with Crippen LogP contribution in [0.5, 0.6) is 5.75 Å². The predicted octanol–water partition coefficient (Wildman–Crippen LogP) is 4.12. The Bertz CT molecular complexity index is 823. The highest BCUT2D eigenvalue weighted by Crippen LogP contribution is 2.27. The number of rotatable bonds is 9. The molecule has 1 unspecified atom stereocenters. The Morgan fingerprint density at radius 1 is 1.19 bits per heavy atom. The normalized spacial score (nSPS) is 16.2. The average Bonchev–Trinajstić information content (AvgIpc) is 3.12. The molecule has 7 heteroatoms. The second kappa shape index (κ2) is 11.7. The molecule has 1 saturated carbocycles. The van der Waals surface area contributed by atoms with Crippen LogP contribution < -0.4 is 15.4 Å². The number of guanidine groups is 1. The summed E-state index contributed by atoms with van der Waals surface area (Å²) in [5, 5.41) is 15.4. The van der Waals surface area contributed by atoms with Crippen LogP contribution in [0.25, 0.3) is 0 Å². The first-order chi connectivity index (χ1) is 15.0. The minimum Gasteiger partial charge on any atom is -0.497 e. The molecule has 0 aliphatic heterocycles. The lowest BCUT2D eigenvalue weighted by Crippen LogP contribution is -2.42. The molecule has 1 aromatic carbocycles. The van der Waals surface area contributed by atoms with Gasteiger partial charge in [-0.1, -0.05) is 44.2 Å². The van der Waals surface area contributed by atoms with Gasteiger partial charge in [0.25, 0.3) is 0 Å². The predicted molar refractivity (Wildman–Crippen MR) is 125 cm³/mol. The van der Waals surface area contributed by atoms with Gasteiger partial charge in [-0.05, 0) is 50.3 Å². The van der Waals surface area contributed by atoms with E-state index in [0.717, 1.165) is 41.3 Å². The van der Waals surface area contributed by atoms with Crippen molar-refractivity contribution in [3.05, 3.63) is 41.5 Å². The number of aryl methyl sites for hydroxylation is 1. The summed E-state index contributed by atoms with van der Waals surface area (Å²) in [4.78, 5) is 4.83. The van der Waals surface area contributed by atoms with Gasteiger partial charge in [0, 0.05) is 13.1 Å². The van der Waals surface area contributed by atoms with Crippen LogP contribution in [0.2, 0.25) is 0 Å². The molecule has 7 nitrogen and oxygen atoms in total. The molecule has 0 bridgehead atoms. The molecule has 1 heterocycles. The summed E-state index contributed by atoms with van der Waals surface area (Å²) >= 11 is 0. The van der Waals surface area contributed by atoms with Crippen molar-refractivity contribution in [1.82, 2.24) is 25.4 Å². The first-order valence-electron chi connectivity index (χ1n) is 11.6. The van der Waals surface area contributed by atoms with E-state index >= 15 is 0 Å². The number of ether oxygens (including phenoxy) is 1. The zero-order chi connectivity index (χ0) is 22.1. The van der Waals surface area contributed by atoms with Crippen LogP contribution in [-0.4, -0.2) is 33.9 Å². The van der Waals surface area contributed by atoms with E-state index in [4.69, 9.17) is 9.73 Å². The van der Waals surface area contributed by atoms with Crippen LogP contribution in [0.15, 0.2) is 29.3 Å². The monoisotopic (exact) mass is 426 g/mol. The second-order valence-electron chi connectivity index (χ2n) is 8.72. The fourth-order valence-electron chi connectivity index (χ4n) is 4.09. The molecule has 0 amide bonds. The van der Waals surface area contributed by atoms with E-state index in [1.807, 2.05) is 30.7 Å². The molecule has 1 aromatic heterocycles. The molecule has 0 radical (unpaired) electrons. The first-order valence-corrected chi connectivity index (χ1v) is 11.6. The fraction of sp³-hybridized carbons (Fsp3) is 0.625. The molecule has 170 valence electrons. The zero-order valence-corrected chi connectivity index (χ0v) is 19.5.